The van der Waals surface area contributed by atoms with E-state index in [2.05, 4.69) is 20.0 Å². The number of piperazine rings is 1. The molecule has 0 unspecified atom stereocenters. The summed E-state index contributed by atoms with van der Waals surface area (Å²) in [5.74, 6) is 0.616. The number of anilines is 2. The topological polar surface area (TPSA) is 136 Å². The highest BCUT2D eigenvalue weighted by Crippen LogP contribution is 2.27. The third kappa shape index (κ3) is 4.33. The second kappa shape index (κ2) is 9.20. The van der Waals surface area contributed by atoms with Gasteiger partial charge in [0.15, 0.2) is 17.1 Å². The van der Waals surface area contributed by atoms with Crippen LogP contribution >= 0.6 is 0 Å². The first-order valence-corrected chi connectivity index (χ1v) is 12.8. The van der Waals surface area contributed by atoms with Crippen LogP contribution in [0.5, 0.6) is 0 Å². The normalized spacial score (nSPS) is 15.2. The van der Waals surface area contributed by atoms with Crippen molar-refractivity contribution >= 4 is 28.4 Å². The molecule has 0 radical (unpaired) electrons. The number of halogens is 1. The Labute approximate surface area is 222 Å². The lowest BCUT2D eigenvalue weighted by Crippen LogP contribution is -2.47. The highest BCUT2D eigenvalue weighted by molar-refractivity contribution is 5.88. The summed E-state index contributed by atoms with van der Waals surface area (Å²) in [6.07, 6.45) is 1.54. The Bertz CT molecular complexity index is 1720. The first-order chi connectivity index (χ1) is 18.6. The molecule has 0 aliphatic carbocycles. The number of aromatic nitrogens is 6. The summed E-state index contributed by atoms with van der Waals surface area (Å²) in [5, 5.41) is 14.6. The predicted molar refractivity (Wildman–Crippen MR) is 144 cm³/mol. The number of imidazole rings is 1. The fourth-order valence-electron chi connectivity index (χ4n) is 5.10. The SMILES string of the molecule is Cn1c(=O)n(CCN2CCN(c3ccc(C(C)(C)O)cc3F)CC2)c2nc(N)n3nc(-c4ccco4)nc3c21. The summed E-state index contributed by atoms with van der Waals surface area (Å²) in [6, 6.07) is 8.39. The van der Waals surface area contributed by atoms with Gasteiger partial charge in [-0.3, -0.25) is 14.0 Å². The number of nitrogen functional groups attached to an aromatic ring is 1. The van der Waals surface area contributed by atoms with Crippen molar-refractivity contribution in [2.75, 3.05) is 43.4 Å². The number of aryl methyl sites for hydroxylation is 1. The molecule has 0 atom stereocenters. The zero-order valence-electron chi connectivity index (χ0n) is 22.0. The average Bonchev–Trinajstić information content (AvgIpc) is 3.63. The molecule has 5 aromatic rings. The Kier molecular flexibility index (Phi) is 5.92. The lowest BCUT2D eigenvalue weighted by molar-refractivity contribution is 0.0782. The molecule has 1 aliphatic rings. The van der Waals surface area contributed by atoms with E-state index in [9.17, 15) is 14.3 Å². The van der Waals surface area contributed by atoms with Crippen molar-refractivity contribution in [3.05, 3.63) is 58.5 Å². The zero-order chi connectivity index (χ0) is 27.5. The maximum absolute atomic E-state index is 14.8. The summed E-state index contributed by atoms with van der Waals surface area (Å²) >= 11 is 0. The smallest absolute Gasteiger partial charge is 0.330 e. The average molecular weight is 536 g/mol. The third-order valence-corrected chi connectivity index (χ3v) is 7.33. The first kappa shape index (κ1) is 25.1. The Morgan fingerprint density at radius 3 is 2.54 bits per heavy atom. The van der Waals surface area contributed by atoms with Gasteiger partial charge in [0.2, 0.25) is 11.8 Å². The van der Waals surface area contributed by atoms with Gasteiger partial charge in [-0.15, -0.1) is 5.10 Å². The van der Waals surface area contributed by atoms with Gasteiger partial charge in [-0.2, -0.15) is 9.50 Å². The van der Waals surface area contributed by atoms with Gasteiger partial charge in [0.25, 0.3) is 0 Å². The largest absolute Gasteiger partial charge is 0.461 e. The van der Waals surface area contributed by atoms with Gasteiger partial charge < -0.3 is 20.2 Å². The van der Waals surface area contributed by atoms with Crippen molar-refractivity contribution in [1.29, 1.82) is 0 Å². The molecule has 3 N–H and O–H groups in total. The first-order valence-electron chi connectivity index (χ1n) is 12.8. The number of rotatable bonds is 6. The molecule has 13 heteroatoms. The Hall–Kier alpha value is -4.23. The lowest BCUT2D eigenvalue weighted by atomic mass is 9.98. The number of aliphatic hydroxyl groups is 1. The maximum atomic E-state index is 14.8. The number of fused-ring (bicyclic) bond motifs is 3. The summed E-state index contributed by atoms with van der Waals surface area (Å²) in [5.41, 5.74) is 7.36. The fourth-order valence-corrected chi connectivity index (χ4v) is 5.10. The van der Waals surface area contributed by atoms with Gasteiger partial charge in [-0.25, -0.2) is 14.2 Å². The lowest BCUT2D eigenvalue weighted by Gasteiger charge is -2.36. The van der Waals surface area contributed by atoms with E-state index < -0.39 is 5.60 Å². The van der Waals surface area contributed by atoms with E-state index in [-0.39, 0.29) is 17.5 Å². The van der Waals surface area contributed by atoms with Crippen LogP contribution in [0.1, 0.15) is 19.4 Å². The second-order valence-electron chi connectivity index (χ2n) is 10.3. The summed E-state index contributed by atoms with van der Waals surface area (Å²) in [4.78, 5) is 26.5. The van der Waals surface area contributed by atoms with Gasteiger partial charge in [-0.05, 0) is 43.7 Å². The third-order valence-electron chi connectivity index (χ3n) is 7.33. The molecule has 4 aromatic heterocycles. The Balaban J connectivity index is 1.20. The molecular formula is C26H30FN9O3. The van der Waals surface area contributed by atoms with Crippen molar-refractivity contribution in [1.82, 2.24) is 33.6 Å². The van der Waals surface area contributed by atoms with Crippen molar-refractivity contribution in [2.24, 2.45) is 7.05 Å². The van der Waals surface area contributed by atoms with Crippen LogP contribution < -0.4 is 16.3 Å². The van der Waals surface area contributed by atoms with E-state index in [0.29, 0.717) is 78.9 Å². The molecular weight excluding hydrogens is 505 g/mol. The van der Waals surface area contributed by atoms with Crippen LogP contribution in [0.15, 0.2) is 45.8 Å². The molecule has 6 rings (SSSR count). The van der Waals surface area contributed by atoms with E-state index in [0.717, 1.165) is 0 Å². The zero-order valence-corrected chi connectivity index (χ0v) is 22.0. The molecule has 1 saturated heterocycles. The van der Waals surface area contributed by atoms with Gasteiger partial charge >= 0.3 is 5.69 Å². The van der Waals surface area contributed by atoms with Crippen molar-refractivity contribution in [3.63, 3.8) is 0 Å². The summed E-state index contributed by atoms with van der Waals surface area (Å²) < 4.78 is 24.8. The monoisotopic (exact) mass is 535 g/mol. The van der Waals surface area contributed by atoms with E-state index in [4.69, 9.17) is 10.2 Å². The predicted octanol–water partition coefficient (Wildman–Crippen LogP) is 1.81. The van der Waals surface area contributed by atoms with Crippen LogP contribution in [0, 0.1) is 5.82 Å². The molecule has 1 aromatic carbocycles. The standard InChI is InChI=1S/C26H30FN9O3/c1-26(2,38)16-6-7-18(17(27)15-16)34-11-8-33(9-12-34)10-13-35-22-20(32(3)25(35)37)23-29-21(19-5-4-14-39-19)31-36(23)24(28)30-22/h4-7,14-15,38H,8-13H2,1-3H3,(H2,28,30). The molecule has 0 amide bonds. The van der Waals surface area contributed by atoms with E-state index >= 15 is 0 Å². The Morgan fingerprint density at radius 2 is 1.87 bits per heavy atom. The summed E-state index contributed by atoms with van der Waals surface area (Å²) in [6.45, 7) is 7.01. The quantitative estimate of drug-likeness (QED) is 0.334. The van der Waals surface area contributed by atoms with Gasteiger partial charge in [0.1, 0.15) is 11.3 Å². The fraction of sp³-hybridized carbons (Fsp3) is 0.385. The van der Waals surface area contributed by atoms with Crippen LogP contribution in [-0.2, 0) is 19.2 Å². The highest BCUT2D eigenvalue weighted by Gasteiger charge is 2.24. The molecule has 12 nitrogen and oxygen atoms in total. The number of benzene rings is 1. The number of nitrogens with two attached hydrogens (primary N) is 1. The van der Waals surface area contributed by atoms with Gasteiger partial charge in [0.05, 0.1) is 17.6 Å². The number of hydrogen-bond acceptors (Lipinski definition) is 9. The van der Waals surface area contributed by atoms with Crippen molar-refractivity contribution < 1.29 is 13.9 Å². The van der Waals surface area contributed by atoms with Crippen LogP contribution in [0.2, 0.25) is 0 Å². The van der Waals surface area contributed by atoms with Crippen LogP contribution in [0.4, 0.5) is 16.0 Å². The minimum absolute atomic E-state index is 0.119. The summed E-state index contributed by atoms with van der Waals surface area (Å²) in [7, 11) is 1.68. The number of hydrogen-bond donors (Lipinski definition) is 2. The Morgan fingerprint density at radius 1 is 1.10 bits per heavy atom. The number of nitrogens with zero attached hydrogens (tertiary/aromatic N) is 8. The van der Waals surface area contributed by atoms with Crippen LogP contribution in [0.3, 0.4) is 0 Å². The number of furan rings is 1. The van der Waals surface area contributed by atoms with Gasteiger partial charge in [-0.1, -0.05) is 6.07 Å². The van der Waals surface area contributed by atoms with E-state index in [1.807, 2.05) is 4.90 Å². The van der Waals surface area contributed by atoms with Gasteiger partial charge in [0, 0.05) is 46.3 Å². The molecule has 0 bridgehead atoms. The molecule has 0 spiro atoms. The van der Waals surface area contributed by atoms with Crippen molar-refractivity contribution in [2.45, 2.75) is 26.0 Å². The van der Waals surface area contributed by atoms with E-state index in [1.54, 1.807) is 49.7 Å². The minimum Gasteiger partial charge on any atom is -0.461 e. The molecule has 5 heterocycles. The molecule has 204 valence electrons. The molecule has 1 aliphatic heterocycles. The van der Waals surface area contributed by atoms with Crippen LogP contribution in [-0.4, -0.2) is 71.4 Å². The molecule has 0 saturated carbocycles. The minimum atomic E-state index is -1.10. The highest BCUT2D eigenvalue weighted by atomic mass is 19.1. The van der Waals surface area contributed by atoms with Crippen molar-refractivity contribution in [3.8, 4) is 11.6 Å². The van der Waals surface area contributed by atoms with E-state index in [1.165, 1.54) is 21.4 Å². The molecule has 1 fully saturated rings. The maximum Gasteiger partial charge on any atom is 0.330 e. The molecule has 39 heavy (non-hydrogen) atoms. The second-order valence-corrected chi connectivity index (χ2v) is 10.3. The van der Waals surface area contributed by atoms with Crippen LogP contribution in [0.25, 0.3) is 28.4 Å².